The van der Waals surface area contributed by atoms with Crippen LogP contribution in [0.5, 0.6) is 0 Å². The predicted molar refractivity (Wildman–Crippen MR) is 232 cm³/mol. The predicted octanol–water partition coefficient (Wildman–Crippen LogP) is 13.1. The van der Waals surface area contributed by atoms with E-state index >= 15 is 0 Å². The van der Waals surface area contributed by atoms with Crippen LogP contribution in [0.4, 0.5) is 0 Å². The SMILES string of the molecule is O=C1c2cccc(-c3ccc4c(c3)c3cc(-c5ccccc5)ccc3n4-c3ccccc3)c2-c2c1cccc2-c1cc(-c2ccccc2)nc(-c2ccccc2)n1. The van der Waals surface area contributed by atoms with Crippen LogP contribution in [-0.4, -0.2) is 20.3 Å². The summed E-state index contributed by atoms with van der Waals surface area (Å²) in [6, 6.07) is 69.0. The molecule has 266 valence electrons. The summed E-state index contributed by atoms with van der Waals surface area (Å²) in [5.74, 6) is 0.663. The van der Waals surface area contributed by atoms with Crippen LogP contribution >= 0.6 is 0 Å². The van der Waals surface area contributed by atoms with E-state index in [-0.39, 0.29) is 5.78 Å². The molecule has 8 aromatic carbocycles. The molecule has 11 rings (SSSR count). The van der Waals surface area contributed by atoms with Crippen LogP contribution in [-0.2, 0) is 0 Å². The fourth-order valence-corrected chi connectivity index (χ4v) is 8.54. The molecule has 0 N–H and O–H groups in total. The molecule has 57 heavy (non-hydrogen) atoms. The number of aromatic nitrogens is 3. The maximum Gasteiger partial charge on any atom is 0.194 e. The van der Waals surface area contributed by atoms with Crippen molar-refractivity contribution in [3.63, 3.8) is 0 Å². The van der Waals surface area contributed by atoms with E-state index in [0.717, 1.165) is 72.4 Å². The van der Waals surface area contributed by atoms with Crippen molar-refractivity contribution in [3.05, 3.63) is 211 Å². The van der Waals surface area contributed by atoms with Gasteiger partial charge in [0.05, 0.1) is 22.4 Å². The number of nitrogens with zero attached hydrogens (tertiary/aromatic N) is 3. The Morgan fingerprint density at radius 2 is 0.842 bits per heavy atom. The lowest BCUT2D eigenvalue weighted by molar-refractivity contribution is 0.104. The normalized spacial score (nSPS) is 11.9. The van der Waals surface area contributed by atoms with E-state index in [9.17, 15) is 4.79 Å². The van der Waals surface area contributed by atoms with Crippen molar-refractivity contribution < 1.29 is 4.79 Å². The van der Waals surface area contributed by atoms with Crippen LogP contribution in [0.2, 0.25) is 0 Å². The maximum absolute atomic E-state index is 14.3. The first-order chi connectivity index (χ1) is 28.2. The lowest BCUT2D eigenvalue weighted by Crippen LogP contribution is -1.98. The molecule has 0 saturated heterocycles. The topological polar surface area (TPSA) is 47.8 Å². The number of hydrogen-bond donors (Lipinski definition) is 0. The molecule has 10 aromatic rings. The summed E-state index contributed by atoms with van der Waals surface area (Å²) in [4.78, 5) is 24.5. The number of benzene rings is 8. The van der Waals surface area contributed by atoms with Gasteiger partial charge in [0.1, 0.15) is 0 Å². The summed E-state index contributed by atoms with van der Waals surface area (Å²) in [5.41, 5.74) is 15.4. The standard InChI is InChI=1S/C53H33N3O/c57-52-42-25-13-23-40(38-28-30-49-45(32-38)44-31-37(34-15-5-1-6-16-34)27-29-48(44)56(49)39-21-11-4-12-22-39)50(42)51-41(24-14-26-43(51)52)47-33-46(35-17-7-2-8-18-35)54-53(55-47)36-19-9-3-10-20-36/h1-33H. The zero-order valence-corrected chi connectivity index (χ0v) is 30.8. The highest BCUT2D eigenvalue weighted by Crippen LogP contribution is 2.48. The van der Waals surface area contributed by atoms with Gasteiger partial charge in [-0.1, -0.05) is 158 Å². The molecular formula is C53H33N3O. The molecule has 2 heterocycles. The van der Waals surface area contributed by atoms with Crippen molar-refractivity contribution in [1.82, 2.24) is 14.5 Å². The van der Waals surface area contributed by atoms with Gasteiger partial charge in [-0.05, 0) is 64.7 Å². The van der Waals surface area contributed by atoms with Crippen molar-refractivity contribution in [3.8, 4) is 73.0 Å². The second kappa shape index (κ2) is 13.3. The first-order valence-corrected chi connectivity index (χ1v) is 19.2. The van der Waals surface area contributed by atoms with Crippen LogP contribution in [0.1, 0.15) is 15.9 Å². The molecule has 0 atom stereocenters. The maximum atomic E-state index is 14.3. The van der Waals surface area contributed by atoms with Crippen molar-refractivity contribution in [2.24, 2.45) is 0 Å². The third-order valence-electron chi connectivity index (χ3n) is 11.2. The smallest absolute Gasteiger partial charge is 0.194 e. The van der Waals surface area contributed by atoms with E-state index in [1.54, 1.807) is 0 Å². The van der Waals surface area contributed by atoms with E-state index in [2.05, 4.69) is 132 Å². The molecular weight excluding hydrogens is 695 g/mol. The van der Waals surface area contributed by atoms with Crippen LogP contribution < -0.4 is 0 Å². The summed E-state index contributed by atoms with van der Waals surface area (Å²) in [7, 11) is 0. The quantitative estimate of drug-likeness (QED) is 0.171. The average Bonchev–Trinajstić information content (AvgIpc) is 3.78. The number of fused-ring (bicyclic) bond motifs is 6. The van der Waals surface area contributed by atoms with E-state index in [4.69, 9.17) is 9.97 Å². The molecule has 0 saturated carbocycles. The van der Waals surface area contributed by atoms with Gasteiger partial charge in [0.15, 0.2) is 11.6 Å². The summed E-state index contributed by atoms with van der Waals surface area (Å²) >= 11 is 0. The van der Waals surface area contributed by atoms with Crippen molar-refractivity contribution in [2.75, 3.05) is 0 Å². The Morgan fingerprint density at radius 1 is 0.351 bits per heavy atom. The van der Waals surface area contributed by atoms with Crippen LogP contribution in [0.3, 0.4) is 0 Å². The van der Waals surface area contributed by atoms with Gasteiger partial charge in [0, 0.05) is 55.4 Å². The number of carbonyl (C=O) groups is 1. The van der Waals surface area contributed by atoms with Crippen molar-refractivity contribution >= 4 is 27.6 Å². The summed E-state index contributed by atoms with van der Waals surface area (Å²) in [6.07, 6.45) is 0. The minimum atomic E-state index is 0.0265. The number of para-hydroxylation sites is 1. The Hall–Kier alpha value is -7.69. The van der Waals surface area contributed by atoms with Gasteiger partial charge in [-0.3, -0.25) is 4.79 Å². The molecule has 0 amide bonds. The molecule has 0 radical (unpaired) electrons. The fraction of sp³-hybridized carbons (Fsp3) is 0. The van der Waals surface area contributed by atoms with Crippen molar-refractivity contribution in [1.29, 1.82) is 0 Å². The van der Waals surface area contributed by atoms with Gasteiger partial charge in [-0.2, -0.15) is 0 Å². The fourth-order valence-electron chi connectivity index (χ4n) is 8.54. The molecule has 0 unspecified atom stereocenters. The Kier molecular flexibility index (Phi) is 7.61. The van der Waals surface area contributed by atoms with Gasteiger partial charge in [0.2, 0.25) is 0 Å². The van der Waals surface area contributed by atoms with Crippen LogP contribution in [0.15, 0.2) is 200 Å². The summed E-state index contributed by atoms with van der Waals surface area (Å²) < 4.78 is 2.35. The monoisotopic (exact) mass is 727 g/mol. The second-order valence-electron chi connectivity index (χ2n) is 14.5. The molecule has 0 aliphatic heterocycles. The third kappa shape index (κ3) is 5.42. The van der Waals surface area contributed by atoms with Crippen molar-refractivity contribution in [2.45, 2.75) is 0 Å². The minimum Gasteiger partial charge on any atom is -0.309 e. The van der Waals surface area contributed by atoms with Crippen LogP contribution in [0.25, 0.3) is 94.8 Å². The molecule has 1 aliphatic carbocycles. The highest BCUT2D eigenvalue weighted by Gasteiger charge is 2.32. The highest BCUT2D eigenvalue weighted by atomic mass is 16.1. The first kappa shape index (κ1) is 32.7. The minimum absolute atomic E-state index is 0.0265. The average molecular weight is 728 g/mol. The molecule has 2 aromatic heterocycles. The largest absolute Gasteiger partial charge is 0.309 e. The van der Waals surface area contributed by atoms with Gasteiger partial charge < -0.3 is 4.57 Å². The lowest BCUT2D eigenvalue weighted by atomic mass is 9.90. The van der Waals surface area contributed by atoms with Gasteiger partial charge in [0.25, 0.3) is 0 Å². The zero-order valence-electron chi connectivity index (χ0n) is 30.8. The van der Waals surface area contributed by atoms with Gasteiger partial charge in [-0.15, -0.1) is 0 Å². The lowest BCUT2D eigenvalue weighted by Gasteiger charge is -2.15. The van der Waals surface area contributed by atoms with Gasteiger partial charge in [-0.25, -0.2) is 9.97 Å². The number of rotatable bonds is 6. The Morgan fingerprint density at radius 3 is 1.49 bits per heavy atom. The molecule has 4 heteroatoms. The number of hydrogen-bond acceptors (Lipinski definition) is 3. The third-order valence-corrected chi connectivity index (χ3v) is 11.2. The number of carbonyl (C=O) groups excluding carboxylic acids is 1. The summed E-state index contributed by atoms with van der Waals surface area (Å²) in [6.45, 7) is 0. The number of ketones is 1. The first-order valence-electron chi connectivity index (χ1n) is 19.2. The van der Waals surface area contributed by atoms with E-state index in [1.165, 1.54) is 16.5 Å². The molecule has 4 nitrogen and oxygen atoms in total. The van der Waals surface area contributed by atoms with E-state index in [1.807, 2.05) is 72.8 Å². The van der Waals surface area contributed by atoms with E-state index in [0.29, 0.717) is 17.0 Å². The zero-order chi connectivity index (χ0) is 37.9. The molecule has 0 bridgehead atoms. The highest BCUT2D eigenvalue weighted by molar-refractivity contribution is 6.26. The van der Waals surface area contributed by atoms with Crippen LogP contribution in [0, 0.1) is 0 Å². The van der Waals surface area contributed by atoms with Gasteiger partial charge >= 0.3 is 0 Å². The molecule has 1 aliphatic rings. The molecule has 0 spiro atoms. The molecule has 0 fully saturated rings. The Labute approximate surface area is 330 Å². The Balaban J connectivity index is 1.14. The Bertz CT molecular complexity index is 3110. The summed E-state index contributed by atoms with van der Waals surface area (Å²) in [5, 5.41) is 2.32. The second-order valence-corrected chi connectivity index (χ2v) is 14.5. The van der Waals surface area contributed by atoms with E-state index < -0.39 is 0 Å².